The Morgan fingerprint density at radius 2 is 0.974 bits per heavy atom. The standard InChI is InChI=1S/2C7H5F3O3S.2C5H5.Zr/c2*8-7(9,10)14(12,13)6-3-1-2-5(11)4-6;2*1-2-4-5-3-1;/h2*1-4,11H;2*1-3H,4H2;/q;;2*-1;+2. The Morgan fingerprint density at radius 3 is 1.15 bits per heavy atom. The zero-order valence-corrected chi connectivity index (χ0v) is 23.7. The van der Waals surface area contributed by atoms with E-state index in [-0.39, 0.29) is 26.2 Å². The minimum Gasteiger partial charge on any atom is -0.508 e. The van der Waals surface area contributed by atoms with E-state index in [1.807, 2.05) is 24.3 Å². The summed E-state index contributed by atoms with van der Waals surface area (Å²) < 4.78 is 115. The molecule has 0 saturated heterocycles. The first kappa shape index (κ1) is 36.4. The van der Waals surface area contributed by atoms with Gasteiger partial charge in [-0.3, -0.25) is 12.2 Å². The summed E-state index contributed by atoms with van der Waals surface area (Å²) in [7, 11) is -10.7. The number of phenolic OH excluding ortho intramolecular Hbond substituents is 2. The van der Waals surface area contributed by atoms with E-state index in [1.54, 1.807) is 0 Å². The Kier molecular flexibility index (Phi) is 14.8. The first-order chi connectivity index (χ1) is 17.5. The molecule has 0 atom stereocenters. The Hall–Kier alpha value is -2.64. The molecule has 2 aromatic carbocycles. The molecule has 39 heavy (non-hydrogen) atoms. The molecule has 0 heterocycles. The smallest absolute Gasteiger partial charge is 0.508 e. The Morgan fingerprint density at radius 1 is 0.641 bits per heavy atom. The molecular weight excluding hydrogens is 654 g/mol. The van der Waals surface area contributed by atoms with Gasteiger partial charge in [0.2, 0.25) is 0 Å². The van der Waals surface area contributed by atoms with E-state index in [1.165, 1.54) is 0 Å². The number of phenols is 2. The molecule has 0 radical (unpaired) electrons. The molecule has 0 unspecified atom stereocenters. The molecule has 2 N–H and O–H groups in total. The SMILES string of the molecule is O=S(=O)(c1cccc(O)c1)C(F)(F)F.O=S(=O)(c1cccc(O)c1)C(F)(F)F.[C-]1=CC=CC1.[C-]1=CC=CC1.[Zr+2]. The van der Waals surface area contributed by atoms with Gasteiger partial charge in [0, 0.05) is 0 Å². The van der Waals surface area contributed by atoms with Crippen molar-refractivity contribution in [2.75, 3.05) is 0 Å². The summed E-state index contributed by atoms with van der Waals surface area (Å²) in [5.74, 6) is -1.06. The van der Waals surface area contributed by atoms with Crippen LogP contribution in [0.3, 0.4) is 0 Å². The van der Waals surface area contributed by atoms with Gasteiger partial charge in [0.15, 0.2) is 0 Å². The van der Waals surface area contributed by atoms with E-state index in [2.05, 4.69) is 24.3 Å². The van der Waals surface area contributed by atoms with E-state index in [4.69, 9.17) is 10.2 Å². The molecule has 6 nitrogen and oxygen atoms in total. The van der Waals surface area contributed by atoms with Crippen LogP contribution >= 0.6 is 0 Å². The summed E-state index contributed by atoms with van der Waals surface area (Å²) in [4.78, 5) is -1.94. The minimum atomic E-state index is -5.36. The number of alkyl halides is 6. The molecule has 210 valence electrons. The number of allylic oxidation sites excluding steroid dienone is 8. The van der Waals surface area contributed by atoms with Crippen molar-refractivity contribution < 1.29 is 79.6 Å². The van der Waals surface area contributed by atoms with Crippen molar-refractivity contribution in [2.24, 2.45) is 0 Å². The number of aromatic hydroxyl groups is 2. The van der Waals surface area contributed by atoms with Crippen LogP contribution in [0.5, 0.6) is 11.5 Å². The van der Waals surface area contributed by atoms with Crippen molar-refractivity contribution in [3.63, 3.8) is 0 Å². The second-order valence-corrected chi connectivity index (χ2v) is 10.8. The molecule has 4 rings (SSSR count). The predicted molar refractivity (Wildman–Crippen MR) is 126 cm³/mol. The number of halogens is 6. The molecule has 2 aliphatic carbocycles. The van der Waals surface area contributed by atoms with Crippen LogP contribution in [-0.4, -0.2) is 38.1 Å². The topological polar surface area (TPSA) is 109 Å². The Balaban J connectivity index is 0.000000537. The predicted octanol–water partition coefficient (Wildman–Crippen LogP) is 5.98. The van der Waals surface area contributed by atoms with E-state index in [9.17, 15) is 43.2 Å². The van der Waals surface area contributed by atoms with Crippen LogP contribution in [0.4, 0.5) is 26.3 Å². The molecule has 0 aromatic heterocycles. The van der Waals surface area contributed by atoms with Crippen molar-refractivity contribution in [1.82, 2.24) is 0 Å². The van der Waals surface area contributed by atoms with Crippen molar-refractivity contribution in [2.45, 2.75) is 33.6 Å². The van der Waals surface area contributed by atoms with Gasteiger partial charge in [-0.05, 0) is 36.4 Å². The summed E-state index contributed by atoms with van der Waals surface area (Å²) in [6.45, 7) is 0. The minimum absolute atomic E-state index is 0. The third kappa shape index (κ3) is 12.0. The summed E-state index contributed by atoms with van der Waals surface area (Å²) in [5, 5.41) is 17.6. The van der Waals surface area contributed by atoms with Crippen LogP contribution in [-0.2, 0) is 45.9 Å². The first-order valence-electron chi connectivity index (χ1n) is 10.1. The zero-order valence-electron chi connectivity index (χ0n) is 19.6. The van der Waals surface area contributed by atoms with Crippen LogP contribution in [0.2, 0.25) is 0 Å². The van der Waals surface area contributed by atoms with Crippen molar-refractivity contribution in [3.05, 3.63) is 97.1 Å². The number of hydrogen-bond donors (Lipinski definition) is 2. The average molecular weight is 674 g/mol. The van der Waals surface area contributed by atoms with Gasteiger partial charge in [-0.1, -0.05) is 12.1 Å². The van der Waals surface area contributed by atoms with Crippen LogP contribution in [0.25, 0.3) is 0 Å². The fourth-order valence-electron chi connectivity index (χ4n) is 2.25. The van der Waals surface area contributed by atoms with Gasteiger partial charge in [0.1, 0.15) is 11.5 Å². The number of sulfone groups is 2. The molecular formula is C24H20F6O6S2Zr. The van der Waals surface area contributed by atoms with Gasteiger partial charge in [-0.25, -0.2) is 41.1 Å². The molecule has 0 saturated carbocycles. The van der Waals surface area contributed by atoms with Gasteiger partial charge in [-0.2, -0.15) is 38.5 Å². The maximum atomic E-state index is 12.0. The average Bonchev–Trinajstić information content (AvgIpc) is 3.57. The maximum Gasteiger partial charge on any atom is 2.00 e. The monoisotopic (exact) mass is 672 g/mol. The van der Waals surface area contributed by atoms with E-state index >= 15 is 0 Å². The molecule has 2 aliphatic rings. The number of benzene rings is 2. The van der Waals surface area contributed by atoms with Gasteiger partial charge in [0.25, 0.3) is 19.7 Å². The van der Waals surface area contributed by atoms with Gasteiger partial charge in [-0.15, -0.1) is 12.8 Å². The van der Waals surface area contributed by atoms with Crippen molar-refractivity contribution in [1.29, 1.82) is 0 Å². The van der Waals surface area contributed by atoms with E-state index in [0.717, 1.165) is 49.2 Å². The molecule has 0 bridgehead atoms. The summed E-state index contributed by atoms with van der Waals surface area (Å²) in [6.07, 6.45) is 20.0. The fraction of sp³-hybridized carbons (Fsp3) is 0.167. The zero-order chi connectivity index (χ0) is 29.0. The second kappa shape index (κ2) is 15.8. The normalized spacial score (nSPS) is 13.7. The van der Waals surface area contributed by atoms with Crippen LogP contribution in [0.1, 0.15) is 12.8 Å². The fourth-order valence-corrected chi connectivity index (χ4v) is 3.85. The van der Waals surface area contributed by atoms with Gasteiger partial charge in [0.05, 0.1) is 9.79 Å². The number of rotatable bonds is 2. The van der Waals surface area contributed by atoms with Crippen molar-refractivity contribution >= 4 is 19.7 Å². The largest absolute Gasteiger partial charge is 2.00 e. The molecule has 2 aromatic rings. The van der Waals surface area contributed by atoms with Gasteiger partial charge < -0.3 is 10.2 Å². The summed E-state index contributed by atoms with van der Waals surface area (Å²) >= 11 is 0. The first-order valence-corrected chi connectivity index (χ1v) is 13.1. The van der Waals surface area contributed by atoms with E-state index in [0.29, 0.717) is 12.1 Å². The van der Waals surface area contributed by atoms with Crippen LogP contribution in [0.15, 0.2) is 94.8 Å². The molecule has 0 spiro atoms. The van der Waals surface area contributed by atoms with Crippen molar-refractivity contribution in [3.8, 4) is 11.5 Å². The second-order valence-electron chi connectivity index (χ2n) is 6.90. The quantitative estimate of drug-likeness (QED) is 0.300. The Bertz CT molecular complexity index is 1270. The molecule has 0 aliphatic heterocycles. The number of hydrogen-bond acceptors (Lipinski definition) is 6. The third-order valence-corrected chi connectivity index (χ3v) is 7.00. The third-order valence-electron chi connectivity index (χ3n) is 4.04. The molecule has 0 amide bonds. The molecule has 0 fully saturated rings. The van der Waals surface area contributed by atoms with Crippen LogP contribution < -0.4 is 0 Å². The molecule has 15 heteroatoms. The Labute approximate surface area is 240 Å². The maximum absolute atomic E-state index is 12.0. The van der Waals surface area contributed by atoms with Gasteiger partial charge >= 0.3 is 37.2 Å². The van der Waals surface area contributed by atoms with E-state index < -0.39 is 52.0 Å². The summed E-state index contributed by atoms with van der Waals surface area (Å²) in [6, 6.07) is 6.82. The van der Waals surface area contributed by atoms with Crippen LogP contribution in [0, 0.1) is 12.2 Å². The summed E-state index contributed by atoms with van der Waals surface area (Å²) in [5.41, 5.74) is -10.7.